The number of likely N-dealkylation sites (tertiary alicyclic amines) is 1. The lowest BCUT2D eigenvalue weighted by molar-refractivity contribution is -0.0104. The Balaban J connectivity index is 2.07. The van der Waals surface area contributed by atoms with E-state index in [9.17, 15) is 0 Å². The summed E-state index contributed by atoms with van der Waals surface area (Å²) in [6, 6.07) is 10.6. The van der Waals surface area contributed by atoms with E-state index in [0.29, 0.717) is 18.6 Å². The third-order valence-electron chi connectivity index (χ3n) is 4.77. The summed E-state index contributed by atoms with van der Waals surface area (Å²) in [6.45, 7) is 8.37. The molecular formula is C17H28N2O. The van der Waals surface area contributed by atoms with Gasteiger partial charge in [0.15, 0.2) is 0 Å². The lowest BCUT2D eigenvalue weighted by atomic mass is 9.81. The molecule has 1 aliphatic rings. The summed E-state index contributed by atoms with van der Waals surface area (Å²) in [5.41, 5.74) is 7.44. The van der Waals surface area contributed by atoms with E-state index in [1.54, 1.807) is 0 Å². The van der Waals surface area contributed by atoms with Crippen LogP contribution in [0.15, 0.2) is 30.3 Å². The SMILES string of the molecule is COC1CN(CC(C)(CN)c2ccccc2)CCC1C. The third-order valence-corrected chi connectivity index (χ3v) is 4.77. The normalized spacial score (nSPS) is 27.2. The molecule has 0 amide bonds. The lowest BCUT2D eigenvalue weighted by Crippen LogP contribution is -2.50. The summed E-state index contributed by atoms with van der Waals surface area (Å²) >= 11 is 0. The molecule has 1 fully saturated rings. The maximum absolute atomic E-state index is 6.09. The number of hydrogen-bond acceptors (Lipinski definition) is 3. The van der Waals surface area contributed by atoms with Crippen LogP contribution >= 0.6 is 0 Å². The smallest absolute Gasteiger partial charge is 0.0724 e. The van der Waals surface area contributed by atoms with Crippen molar-refractivity contribution in [3.63, 3.8) is 0 Å². The zero-order valence-corrected chi connectivity index (χ0v) is 13.0. The maximum atomic E-state index is 6.09. The van der Waals surface area contributed by atoms with Crippen LogP contribution in [0.1, 0.15) is 25.8 Å². The molecule has 3 nitrogen and oxygen atoms in total. The molecule has 3 unspecified atom stereocenters. The first kappa shape index (κ1) is 15.5. The molecule has 0 radical (unpaired) electrons. The molecule has 0 spiro atoms. The van der Waals surface area contributed by atoms with Crippen molar-refractivity contribution in [3.8, 4) is 0 Å². The van der Waals surface area contributed by atoms with Gasteiger partial charge in [0.1, 0.15) is 0 Å². The highest BCUT2D eigenvalue weighted by atomic mass is 16.5. The van der Waals surface area contributed by atoms with Crippen LogP contribution in [0.2, 0.25) is 0 Å². The van der Waals surface area contributed by atoms with Gasteiger partial charge in [0.2, 0.25) is 0 Å². The van der Waals surface area contributed by atoms with Gasteiger partial charge in [-0.3, -0.25) is 4.90 Å². The predicted molar refractivity (Wildman–Crippen MR) is 83.9 cm³/mol. The Kier molecular flexibility index (Phi) is 5.19. The average molecular weight is 276 g/mol. The molecule has 0 saturated carbocycles. The first-order valence-corrected chi connectivity index (χ1v) is 7.60. The van der Waals surface area contributed by atoms with E-state index in [1.165, 1.54) is 12.0 Å². The summed E-state index contributed by atoms with van der Waals surface area (Å²) in [5.74, 6) is 0.650. The van der Waals surface area contributed by atoms with Gasteiger partial charge in [-0.05, 0) is 24.4 Å². The highest BCUT2D eigenvalue weighted by molar-refractivity contribution is 5.25. The van der Waals surface area contributed by atoms with Gasteiger partial charge in [0.05, 0.1) is 6.10 Å². The van der Waals surface area contributed by atoms with E-state index >= 15 is 0 Å². The van der Waals surface area contributed by atoms with Crippen LogP contribution < -0.4 is 5.73 Å². The topological polar surface area (TPSA) is 38.5 Å². The van der Waals surface area contributed by atoms with Crippen molar-refractivity contribution in [2.24, 2.45) is 11.7 Å². The molecule has 2 rings (SSSR count). The summed E-state index contributed by atoms with van der Waals surface area (Å²) in [4.78, 5) is 2.51. The predicted octanol–water partition coefficient (Wildman–Crippen LogP) is 2.26. The van der Waals surface area contributed by atoms with Crippen molar-refractivity contribution < 1.29 is 4.74 Å². The van der Waals surface area contributed by atoms with E-state index < -0.39 is 0 Å². The summed E-state index contributed by atoms with van der Waals surface area (Å²) < 4.78 is 5.61. The molecule has 1 aromatic carbocycles. The molecule has 3 heteroatoms. The van der Waals surface area contributed by atoms with E-state index in [0.717, 1.165) is 19.6 Å². The van der Waals surface area contributed by atoms with Gasteiger partial charge in [-0.15, -0.1) is 0 Å². The quantitative estimate of drug-likeness (QED) is 0.896. The molecular weight excluding hydrogens is 248 g/mol. The largest absolute Gasteiger partial charge is 0.380 e. The molecule has 1 aromatic rings. The van der Waals surface area contributed by atoms with E-state index in [-0.39, 0.29) is 5.41 Å². The molecule has 0 aromatic heterocycles. The van der Waals surface area contributed by atoms with E-state index in [4.69, 9.17) is 10.5 Å². The molecule has 2 N–H and O–H groups in total. The molecule has 3 atom stereocenters. The number of piperidine rings is 1. The Bertz CT molecular complexity index is 409. The second kappa shape index (κ2) is 6.70. The molecule has 20 heavy (non-hydrogen) atoms. The summed E-state index contributed by atoms with van der Waals surface area (Å²) in [6.07, 6.45) is 1.55. The van der Waals surface area contributed by atoms with Crippen LogP contribution in [0.5, 0.6) is 0 Å². The molecule has 1 heterocycles. The zero-order valence-electron chi connectivity index (χ0n) is 13.0. The van der Waals surface area contributed by atoms with Crippen LogP contribution in [0, 0.1) is 5.92 Å². The number of methoxy groups -OCH3 is 1. The minimum absolute atomic E-state index is 0.0140. The summed E-state index contributed by atoms with van der Waals surface area (Å²) in [5, 5.41) is 0. The molecule has 1 saturated heterocycles. The fourth-order valence-corrected chi connectivity index (χ4v) is 3.16. The maximum Gasteiger partial charge on any atom is 0.0724 e. The Morgan fingerprint density at radius 1 is 1.35 bits per heavy atom. The van der Waals surface area contributed by atoms with Crippen molar-refractivity contribution in [3.05, 3.63) is 35.9 Å². The standard InChI is InChI=1S/C17H28N2O/c1-14-9-10-19(11-16(14)20-3)13-17(2,12-18)15-7-5-4-6-8-15/h4-8,14,16H,9-13,18H2,1-3H3. The molecule has 0 bridgehead atoms. The number of ether oxygens (including phenoxy) is 1. The van der Waals surface area contributed by atoms with Gasteiger partial charge < -0.3 is 10.5 Å². The highest BCUT2D eigenvalue weighted by Gasteiger charge is 2.32. The lowest BCUT2D eigenvalue weighted by Gasteiger charge is -2.41. The second-order valence-corrected chi connectivity index (χ2v) is 6.41. The van der Waals surface area contributed by atoms with Gasteiger partial charge in [-0.2, -0.15) is 0 Å². The van der Waals surface area contributed by atoms with Crippen LogP contribution in [0.25, 0.3) is 0 Å². The Labute approximate surface area is 123 Å². The van der Waals surface area contributed by atoms with Gasteiger partial charge >= 0.3 is 0 Å². The highest BCUT2D eigenvalue weighted by Crippen LogP contribution is 2.27. The van der Waals surface area contributed by atoms with Crippen molar-refractivity contribution in [1.82, 2.24) is 4.90 Å². The average Bonchev–Trinajstić information content (AvgIpc) is 2.50. The van der Waals surface area contributed by atoms with Crippen LogP contribution in [0.3, 0.4) is 0 Å². The number of nitrogens with two attached hydrogens (primary N) is 1. The van der Waals surface area contributed by atoms with Crippen LogP contribution in [0.4, 0.5) is 0 Å². The molecule has 1 aliphatic heterocycles. The van der Waals surface area contributed by atoms with Gasteiger partial charge in [0, 0.05) is 32.2 Å². The van der Waals surface area contributed by atoms with Gasteiger partial charge in [-0.25, -0.2) is 0 Å². The Morgan fingerprint density at radius 2 is 2.05 bits per heavy atom. The minimum Gasteiger partial charge on any atom is -0.380 e. The van der Waals surface area contributed by atoms with Gasteiger partial charge in [-0.1, -0.05) is 44.2 Å². The fraction of sp³-hybridized carbons (Fsp3) is 0.647. The van der Waals surface area contributed by atoms with E-state index in [1.807, 2.05) is 7.11 Å². The van der Waals surface area contributed by atoms with E-state index in [2.05, 4.69) is 49.1 Å². The van der Waals surface area contributed by atoms with Crippen molar-refractivity contribution in [2.75, 3.05) is 33.3 Å². The van der Waals surface area contributed by atoms with Crippen LogP contribution in [-0.4, -0.2) is 44.3 Å². The molecule has 0 aliphatic carbocycles. The van der Waals surface area contributed by atoms with Crippen LogP contribution in [-0.2, 0) is 10.2 Å². The van der Waals surface area contributed by atoms with Crippen molar-refractivity contribution >= 4 is 0 Å². The number of benzene rings is 1. The third kappa shape index (κ3) is 3.40. The fourth-order valence-electron chi connectivity index (χ4n) is 3.16. The zero-order chi connectivity index (χ0) is 14.6. The first-order valence-electron chi connectivity index (χ1n) is 7.60. The minimum atomic E-state index is 0.0140. The van der Waals surface area contributed by atoms with Crippen molar-refractivity contribution in [1.29, 1.82) is 0 Å². The van der Waals surface area contributed by atoms with Crippen molar-refractivity contribution in [2.45, 2.75) is 31.8 Å². The number of rotatable bonds is 5. The monoisotopic (exact) mass is 276 g/mol. The number of nitrogens with zero attached hydrogens (tertiary/aromatic N) is 1. The van der Waals surface area contributed by atoms with Gasteiger partial charge in [0.25, 0.3) is 0 Å². The Hall–Kier alpha value is -0.900. The first-order chi connectivity index (χ1) is 9.59. The second-order valence-electron chi connectivity index (χ2n) is 6.41. The Morgan fingerprint density at radius 3 is 2.65 bits per heavy atom. The number of hydrogen-bond donors (Lipinski definition) is 1. The summed E-state index contributed by atoms with van der Waals surface area (Å²) in [7, 11) is 1.82. The molecule has 112 valence electrons.